The van der Waals surface area contributed by atoms with Crippen LogP contribution in [0.2, 0.25) is 0 Å². The first-order chi connectivity index (χ1) is 19.4. The van der Waals surface area contributed by atoms with E-state index in [-0.39, 0.29) is 61.8 Å². The summed E-state index contributed by atoms with van der Waals surface area (Å²) in [6.07, 6.45) is 11.8. The van der Waals surface area contributed by atoms with Gasteiger partial charge < -0.3 is 24.8 Å². The van der Waals surface area contributed by atoms with Crippen LogP contribution in [0.15, 0.2) is 91.0 Å². The van der Waals surface area contributed by atoms with Crippen molar-refractivity contribution in [3.63, 3.8) is 0 Å². The van der Waals surface area contributed by atoms with Gasteiger partial charge in [-0.05, 0) is 46.3 Å². The van der Waals surface area contributed by atoms with E-state index in [1.807, 2.05) is 0 Å². The van der Waals surface area contributed by atoms with Gasteiger partial charge in [-0.3, -0.25) is 0 Å². The first-order valence-corrected chi connectivity index (χ1v) is 16.4. The molecule has 0 saturated carbocycles. The molecule has 4 aromatic carbocycles. The van der Waals surface area contributed by atoms with Gasteiger partial charge in [-0.15, -0.1) is 34.1 Å². The molecule has 0 aromatic heterocycles. The van der Waals surface area contributed by atoms with Gasteiger partial charge in [0.25, 0.3) is 0 Å². The van der Waals surface area contributed by atoms with Crippen molar-refractivity contribution in [2.75, 3.05) is 0 Å². The third-order valence-electron chi connectivity index (χ3n) is 8.49. The molecular formula is C40H41Cl2SiZr. The zero-order chi connectivity index (χ0) is 29.1. The van der Waals surface area contributed by atoms with Crippen LogP contribution in [0, 0.1) is 18.7 Å². The van der Waals surface area contributed by atoms with Crippen molar-refractivity contribution in [2.24, 2.45) is 0 Å². The standard InChI is InChI=1S/C40H41Si.2ClH.Zr/c1-26-13-11-17-31(21-26)41(32-18-12-14-27(2)22-32)36-25-34-33-20-19-30(39(3,4)5)23-29(33)24-35(34)37(28-15-9-10-16-28)38(36)40(6,7)8;;;/h9-15,17-23,25H,16H2,1-8H3;2*1H;/q-1;;;+3/p-2. The predicted octanol–water partition coefficient (Wildman–Crippen LogP) is 2.08. The minimum Gasteiger partial charge on any atom is -1.00 e. The molecule has 0 atom stereocenters. The van der Waals surface area contributed by atoms with E-state index in [0.29, 0.717) is 0 Å². The van der Waals surface area contributed by atoms with Gasteiger partial charge in [0.1, 0.15) is 0 Å². The molecule has 0 N–H and O–H groups in total. The topological polar surface area (TPSA) is 0 Å². The molecule has 0 nitrogen and oxygen atoms in total. The number of rotatable bonds is 3. The maximum atomic E-state index is 3.96. The minimum atomic E-state index is -1.31. The molecule has 0 unspecified atom stereocenters. The maximum Gasteiger partial charge on any atom is 3.00 e. The molecule has 44 heavy (non-hydrogen) atoms. The van der Waals surface area contributed by atoms with Crippen LogP contribution in [-0.4, -0.2) is 8.41 Å². The fourth-order valence-electron chi connectivity index (χ4n) is 6.52. The number of aryl methyl sites for hydroxylation is 2. The Morgan fingerprint density at radius 3 is 1.82 bits per heavy atom. The molecule has 2 aliphatic carbocycles. The summed E-state index contributed by atoms with van der Waals surface area (Å²) in [5.74, 6) is 0. The van der Waals surface area contributed by atoms with E-state index >= 15 is 0 Å². The van der Waals surface area contributed by atoms with Gasteiger partial charge in [0.2, 0.25) is 0 Å². The van der Waals surface area contributed by atoms with E-state index in [1.54, 1.807) is 0 Å². The van der Waals surface area contributed by atoms with Crippen LogP contribution >= 0.6 is 0 Å². The van der Waals surface area contributed by atoms with Gasteiger partial charge in [0.15, 0.2) is 0 Å². The van der Waals surface area contributed by atoms with Crippen molar-refractivity contribution in [1.82, 2.24) is 0 Å². The Labute approximate surface area is 297 Å². The van der Waals surface area contributed by atoms with Gasteiger partial charge in [-0.2, -0.15) is 0 Å². The summed E-state index contributed by atoms with van der Waals surface area (Å²) in [6.45, 7) is 18.5. The van der Waals surface area contributed by atoms with E-state index in [9.17, 15) is 0 Å². The SMILES string of the molecule is Cc1cccc([Si](c2cccc(C)c2)=c2cc3c(c(C4=CC=CC4)c2C(C)(C)C)=[C-]c2cc(C(C)(C)C)ccc2-3)c1.[Cl-].[Cl-].[Zr+3]. The molecule has 0 spiro atoms. The number of hydrogen-bond donors (Lipinski definition) is 0. The second-order valence-corrected chi connectivity index (χ2v) is 16.4. The van der Waals surface area contributed by atoms with Crippen molar-refractivity contribution >= 4 is 30.4 Å². The second-order valence-electron chi connectivity index (χ2n) is 13.9. The summed E-state index contributed by atoms with van der Waals surface area (Å²) in [7, 11) is -1.31. The number of fused-ring (bicyclic) bond motifs is 3. The molecule has 2 aliphatic rings. The summed E-state index contributed by atoms with van der Waals surface area (Å²) in [4.78, 5) is 1.51. The van der Waals surface area contributed by atoms with Crippen LogP contribution in [0.3, 0.4) is 0 Å². The van der Waals surface area contributed by atoms with Crippen molar-refractivity contribution in [2.45, 2.75) is 72.6 Å². The Kier molecular flexibility index (Phi) is 11.3. The summed E-state index contributed by atoms with van der Waals surface area (Å²) in [5.41, 5.74) is 12.3. The molecule has 0 aliphatic heterocycles. The molecule has 223 valence electrons. The van der Waals surface area contributed by atoms with Gasteiger partial charge in [-0.1, -0.05) is 160 Å². The van der Waals surface area contributed by atoms with E-state index in [4.69, 9.17) is 0 Å². The van der Waals surface area contributed by atoms with Crippen molar-refractivity contribution in [3.05, 3.63) is 134 Å². The quantitative estimate of drug-likeness (QED) is 0.199. The molecule has 0 bridgehead atoms. The summed E-state index contributed by atoms with van der Waals surface area (Å²) >= 11 is 0. The fraction of sp³-hybridized carbons (Fsp3) is 0.275. The largest absolute Gasteiger partial charge is 3.00 e. The van der Waals surface area contributed by atoms with Gasteiger partial charge in [-0.25, -0.2) is 0 Å². The Bertz CT molecular complexity index is 1850. The first-order valence-electron chi connectivity index (χ1n) is 14.9. The molecule has 0 saturated heterocycles. The fourth-order valence-corrected chi connectivity index (χ4v) is 9.78. The normalized spacial score (nSPS) is 13.0. The average Bonchev–Trinajstić information content (AvgIpc) is 3.55. The van der Waals surface area contributed by atoms with E-state index in [1.165, 1.54) is 70.5 Å². The van der Waals surface area contributed by atoms with Crippen LogP contribution < -0.4 is 40.4 Å². The van der Waals surface area contributed by atoms with Crippen LogP contribution in [0.5, 0.6) is 0 Å². The summed E-state index contributed by atoms with van der Waals surface area (Å²) < 4.78 is 0. The number of halogens is 2. The molecule has 6 rings (SSSR count). The zero-order valence-corrected chi connectivity index (χ0v) is 32.1. The molecule has 4 aromatic rings. The predicted molar refractivity (Wildman–Crippen MR) is 179 cm³/mol. The number of benzene rings is 4. The Morgan fingerprint density at radius 1 is 0.705 bits per heavy atom. The van der Waals surface area contributed by atoms with E-state index in [2.05, 4.69) is 152 Å². The summed E-state index contributed by atoms with van der Waals surface area (Å²) in [5, 5.41) is 4.18. The Hall–Kier alpha value is -2.09. The van der Waals surface area contributed by atoms with Crippen LogP contribution in [-0.2, 0) is 37.0 Å². The van der Waals surface area contributed by atoms with Gasteiger partial charge in [0.05, 0.1) is 8.41 Å². The average molecular weight is 712 g/mol. The second kappa shape index (κ2) is 13.7. The van der Waals surface area contributed by atoms with E-state index < -0.39 is 8.41 Å². The van der Waals surface area contributed by atoms with Crippen LogP contribution in [0.1, 0.15) is 81.3 Å². The Morgan fingerprint density at radius 2 is 1.32 bits per heavy atom. The van der Waals surface area contributed by atoms with Crippen molar-refractivity contribution in [1.29, 1.82) is 0 Å². The van der Waals surface area contributed by atoms with Crippen molar-refractivity contribution in [3.8, 4) is 11.1 Å². The molecular weight excluding hydrogens is 671 g/mol. The van der Waals surface area contributed by atoms with Gasteiger partial charge >= 0.3 is 26.2 Å². The first kappa shape index (κ1) is 36.4. The molecule has 4 heteroatoms. The van der Waals surface area contributed by atoms with Crippen LogP contribution in [0.25, 0.3) is 22.8 Å². The summed E-state index contributed by atoms with van der Waals surface area (Å²) in [6, 6.07) is 28.1. The smallest absolute Gasteiger partial charge is 1.00 e. The molecule has 0 amide bonds. The molecule has 1 radical (unpaired) electrons. The maximum absolute atomic E-state index is 3.96. The number of hydrogen-bond acceptors (Lipinski definition) is 0. The monoisotopic (exact) mass is 709 g/mol. The molecule has 0 fully saturated rings. The van der Waals surface area contributed by atoms with Gasteiger partial charge in [0, 0.05) is 0 Å². The van der Waals surface area contributed by atoms with E-state index in [0.717, 1.165) is 6.42 Å². The molecule has 0 heterocycles. The van der Waals surface area contributed by atoms with Crippen molar-refractivity contribution < 1.29 is 51.0 Å². The third-order valence-corrected chi connectivity index (χ3v) is 11.2. The number of allylic oxidation sites excluding steroid dienone is 4. The zero-order valence-electron chi connectivity index (χ0n) is 27.1. The third kappa shape index (κ3) is 6.85. The van der Waals surface area contributed by atoms with Crippen LogP contribution in [0.4, 0.5) is 0 Å². The Balaban J connectivity index is 0.00000176. The minimum absolute atomic E-state index is 0.